The largest absolute Gasteiger partial charge is 0.413 e. The van der Waals surface area contributed by atoms with Crippen molar-refractivity contribution >= 4 is 35.0 Å². The van der Waals surface area contributed by atoms with Crippen LogP contribution in [0.15, 0.2) is 16.8 Å². The van der Waals surface area contributed by atoms with E-state index in [9.17, 15) is 19.2 Å². The highest BCUT2D eigenvalue weighted by Crippen LogP contribution is 2.21. The van der Waals surface area contributed by atoms with Gasteiger partial charge in [-0.05, 0) is 36.1 Å². The number of hydrogen-bond donors (Lipinski definition) is 2. The lowest BCUT2D eigenvalue weighted by Gasteiger charge is -2.30. The third-order valence-corrected chi connectivity index (χ3v) is 6.07. The first-order valence-corrected chi connectivity index (χ1v) is 10.8. The molecule has 0 bridgehead atoms. The molecule has 1 aromatic rings. The maximum Gasteiger partial charge on any atom is 0.413 e. The molecule has 30 heavy (non-hydrogen) atoms. The Hall–Kier alpha value is -2.46. The smallest absolute Gasteiger partial charge is 0.409 e. The summed E-state index contributed by atoms with van der Waals surface area (Å²) in [5, 5.41) is 6.02. The fourth-order valence-corrected chi connectivity index (χ4v) is 3.72. The molecule has 10 heteroatoms. The lowest BCUT2D eigenvalue weighted by atomic mass is 9.91. The number of thiophene rings is 1. The topological polar surface area (TPSA) is 128 Å². The molecule has 4 atom stereocenters. The standard InChI is InChI=1S/C20H29N3O6S/c1-11(2)12(3)5-6-14(22-20(27)29-13-7-8-30-10-13)19(26)23(4)16-15(24)9-28-17(16)18(21)25/h7-8,10-12,14,16-17H,5-6,9H2,1-4H3,(H2,21,25)(H,22,27)/t12?,14-,16?,17?/m0/s1. The Morgan fingerprint density at radius 2 is 2.03 bits per heavy atom. The Morgan fingerprint density at radius 3 is 2.60 bits per heavy atom. The number of ether oxygens (including phenoxy) is 2. The molecule has 3 N–H and O–H groups in total. The third-order valence-electron chi connectivity index (χ3n) is 5.41. The fraction of sp³-hybridized carbons (Fsp3) is 0.600. The Labute approximate surface area is 179 Å². The highest BCUT2D eigenvalue weighted by molar-refractivity contribution is 7.08. The average molecular weight is 440 g/mol. The van der Waals surface area contributed by atoms with Gasteiger partial charge in [0.05, 0.1) is 0 Å². The quantitative estimate of drug-likeness (QED) is 0.601. The van der Waals surface area contributed by atoms with Crippen LogP contribution >= 0.6 is 11.3 Å². The van der Waals surface area contributed by atoms with E-state index >= 15 is 0 Å². The lowest BCUT2D eigenvalue weighted by molar-refractivity contribution is -0.141. The molecule has 0 aliphatic carbocycles. The van der Waals surface area contributed by atoms with Crippen LogP contribution < -0.4 is 15.8 Å². The summed E-state index contributed by atoms with van der Waals surface area (Å²) in [5.74, 6) is -0.649. The predicted molar refractivity (Wildman–Crippen MR) is 111 cm³/mol. The van der Waals surface area contributed by atoms with Crippen molar-refractivity contribution in [3.05, 3.63) is 16.8 Å². The molecule has 0 radical (unpaired) electrons. The van der Waals surface area contributed by atoms with Gasteiger partial charge in [0, 0.05) is 12.4 Å². The van der Waals surface area contributed by atoms with E-state index in [2.05, 4.69) is 26.1 Å². The van der Waals surface area contributed by atoms with Gasteiger partial charge in [0.25, 0.3) is 0 Å². The summed E-state index contributed by atoms with van der Waals surface area (Å²) >= 11 is 1.37. The number of nitrogens with one attached hydrogen (secondary N) is 1. The first-order chi connectivity index (χ1) is 14.1. The van der Waals surface area contributed by atoms with Crippen molar-refractivity contribution in [1.82, 2.24) is 10.2 Å². The number of amides is 3. The van der Waals surface area contributed by atoms with Gasteiger partial charge in [-0.1, -0.05) is 20.8 Å². The van der Waals surface area contributed by atoms with Crippen molar-refractivity contribution in [3.8, 4) is 5.75 Å². The van der Waals surface area contributed by atoms with E-state index in [-0.39, 0.29) is 6.61 Å². The number of nitrogens with zero attached hydrogens (tertiary/aromatic N) is 1. The molecule has 1 fully saturated rings. The number of carbonyl (C=O) groups excluding carboxylic acids is 4. The summed E-state index contributed by atoms with van der Waals surface area (Å²) in [6, 6.07) is -0.404. The van der Waals surface area contributed by atoms with E-state index in [0.717, 1.165) is 4.90 Å². The maximum atomic E-state index is 13.2. The van der Waals surface area contributed by atoms with Crippen LogP contribution in [-0.2, 0) is 19.1 Å². The van der Waals surface area contributed by atoms with Crippen LogP contribution in [0.3, 0.4) is 0 Å². The average Bonchev–Trinajstić information content (AvgIpc) is 3.32. The van der Waals surface area contributed by atoms with Crippen molar-refractivity contribution in [3.63, 3.8) is 0 Å². The van der Waals surface area contributed by atoms with Crippen molar-refractivity contribution in [2.24, 2.45) is 17.6 Å². The Bertz CT molecular complexity index is 767. The van der Waals surface area contributed by atoms with Crippen LogP contribution in [0, 0.1) is 11.8 Å². The van der Waals surface area contributed by atoms with Crippen molar-refractivity contribution in [1.29, 1.82) is 0 Å². The number of hydrogen-bond acceptors (Lipinski definition) is 7. The lowest BCUT2D eigenvalue weighted by Crippen LogP contribution is -2.56. The van der Waals surface area contributed by atoms with Crippen LogP contribution in [0.1, 0.15) is 33.6 Å². The zero-order valence-electron chi connectivity index (χ0n) is 17.6. The van der Waals surface area contributed by atoms with E-state index in [1.165, 1.54) is 18.4 Å². The van der Waals surface area contributed by atoms with Crippen LogP contribution in [0.4, 0.5) is 4.79 Å². The summed E-state index contributed by atoms with van der Waals surface area (Å²) in [5.41, 5.74) is 5.31. The minimum absolute atomic E-state index is 0.293. The van der Waals surface area contributed by atoms with Crippen molar-refractivity contribution < 1.29 is 28.7 Å². The van der Waals surface area contributed by atoms with Gasteiger partial charge in [-0.2, -0.15) is 0 Å². The molecule has 2 heterocycles. The Morgan fingerprint density at radius 1 is 1.33 bits per heavy atom. The minimum atomic E-state index is -1.21. The second-order valence-electron chi connectivity index (χ2n) is 7.84. The normalized spacial score (nSPS) is 20.6. The molecule has 2 rings (SSSR count). The van der Waals surface area contributed by atoms with Crippen LogP contribution in [0.2, 0.25) is 0 Å². The van der Waals surface area contributed by atoms with E-state index in [4.69, 9.17) is 15.2 Å². The first kappa shape index (κ1) is 23.8. The number of primary amides is 1. The Kier molecular flexibility index (Phi) is 8.36. The summed E-state index contributed by atoms with van der Waals surface area (Å²) in [4.78, 5) is 50.4. The molecule has 0 aromatic carbocycles. The van der Waals surface area contributed by atoms with Gasteiger partial charge in [-0.25, -0.2) is 4.79 Å². The molecule has 3 amide bonds. The highest BCUT2D eigenvalue weighted by atomic mass is 32.1. The molecule has 166 valence electrons. The zero-order valence-corrected chi connectivity index (χ0v) is 18.4. The van der Waals surface area contributed by atoms with Crippen LogP contribution in [0.25, 0.3) is 0 Å². The van der Waals surface area contributed by atoms with E-state index < -0.39 is 41.9 Å². The summed E-state index contributed by atoms with van der Waals surface area (Å²) in [6.45, 7) is 5.94. The SMILES string of the molecule is CC(C)C(C)CC[C@H](NC(=O)Oc1ccsc1)C(=O)N(C)C1C(=O)COC1C(N)=O. The molecule has 1 saturated heterocycles. The minimum Gasteiger partial charge on any atom is -0.409 e. The second kappa shape index (κ2) is 10.5. The van der Waals surface area contributed by atoms with Gasteiger partial charge in [0.15, 0.2) is 11.9 Å². The van der Waals surface area contributed by atoms with Gasteiger partial charge >= 0.3 is 6.09 Å². The number of ketones is 1. The molecule has 0 saturated carbocycles. The predicted octanol–water partition coefficient (Wildman–Crippen LogP) is 1.56. The first-order valence-electron chi connectivity index (χ1n) is 9.82. The summed E-state index contributed by atoms with van der Waals surface area (Å²) in [7, 11) is 1.40. The Balaban J connectivity index is 2.14. The monoisotopic (exact) mass is 439 g/mol. The van der Waals surface area contributed by atoms with E-state index in [1.54, 1.807) is 16.8 Å². The number of carbonyl (C=O) groups is 4. The van der Waals surface area contributed by atoms with Crippen molar-refractivity contribution in [2.45, 2.75) is 51.8 Å². The number of rotatable bonds is 9. The zero-order chi connectivity index (χ0) is 22.4. The summed E-state index contributed by atoms with van der Waals surface area (Å²) < 4.78 is 10.3. The van der Waals surface area contributed by atoms with Gasteiger partial charge in [0.1, 0.15) is 24.4 Å². The molecule has 1 aromatic heterocycles. The van der Waals surface area contributed by atoms with E-state index in [0.29, 0.717) is 30.4 Å². The number of likely N-dealkylation sites (N-methyl/N-ethyl adjacent to an activating group) is 1. The fourth-order valence-electron chi connectivity index (χ4n) is 3.17. The molecule has 1 aliphatic heterocycles. The summed E-state index contributed by atoms with van der Waals surface area (Å²) in [6.07, 6.45) is -0.948. The molecular weight excluding hydrogens is 410 g/mol. The van der Waals surface area contributed by atoms with E-state index in [1.807, 2.05) is 0 Å². The second-order valence-corrected chi connectivity index (χ2v) is 8.62. The molecule has 3 unspecified atom stereocenters. The van der Waals surface area contributed by atoms with Crippen LogP contribution in [-0.4, -0.2) is 60.4 Å². The number of Topliss-reactive ketones (excluding diaryl/α,β-unsaturated/α-hetero) is 1. The highest BCUT2D eigenvalue weighted by Gasteiger charge is 2.45. The maximum absolute atomic E-state index is 13.2. The van der Waals surface area contributed by atoms with Gasteiger partial charge in [-0.3, -0.25) is 14.4 Å². The van der Waals surface area contributed by atoms with Crippen LogP contribution in [0.5, 0.6) is 5.75 Å². The number of nitrogens with two attached hydrogens (primary N) is 1. The molecule has 1 aliphatic rings. The van der Waals surface area contributed by atoms with Crippen molar-refractivity contribution in [2.75, 3.05) is 13.7 Å². The third kappa shape index (κ3) is 6.02. The van der Waals surface area contributed by atoms with Gasteiger partial charge in [0.2, 0.25) is 11.8 Å². The van der Waals surface area contributed by atoms with Gasteiger partial charge < -0.3 is 25.4 Å². The van der Waals surface area contributed by atoms with Gasteiger partial charge in [-0.15, -0.1) is 11.3 Å². The molecule has 0 spiro atoms. The molecular formula is C20H29N3O6S. The molecule has 9 nitrogen and oxygen atoms in total.